The molecular weight excluding hydrogens is 342 g/mol. The molecule has 1 aromatic carbocycles. The predicted octanol–water partition coefficient (Wildman–Crippen LogP) is 4.75. The second-order valence-corrected chi connectivity index (χ2v) is 10.0. The summed E-state index contributed by atoms with van der Waals surface area (Å²) in [4.78, 5) is 14.9. The molecule has 2 aliphatic rings. The first-order chi connectivity index (χ1) is 12.4. The standard InChI is InChI=1S/C22H33NO4/c1-19(2)15-26-22(27-16-19)13-20(3,4)23(21(5,6)14-22)18(24)25-12-17-10-8-7-9-11-17/h7-11H,12-16H2,1-6H3. The number of ether oxygens (including phenoxy) is 3. The minimum atomic E-state index is -0.640. The van der Waals surface area contributed by atoms with Crippen LogP contribution in [0.1, 0.15) is 59.9 Å². The lowest BCUT2D eigenvalue weighted by molar-refractivity contribution is -0.335. The van der Waals surface area contributed by atoms with E-state index in [0.717, 1.165) is 5.56 Å². The lowest BCUT2D eigenvalue weighted by atomic mass is 9.75. The Morgan fingerprint density at radius 3 is 2.00 bits per heavy atom. The number of piperidine rings is 1. The number of nitrogens with zero attached hydrogens (tertiary/aromatic N) is 1. The first-order valence-corrected chi connectivity index (χ1v) is 9.74. The number of rotatable bonds is 2. The average molecular weight is 376 g/mol. The van der Waals surface area contributed by atoms with Crippen molar-refractivity contribution in [1.82, 2.24) is 4.90 Å². The van der Waals surface area contributed by atoms with Gasteiger partial charge in [0.2, 0.25) is 0 Å². The summed E-state index contributed by atoms with van der Waals surface area (Å²) in [6.45, 7) is 14.1. The van der Waals surface area contributed by atoms with Gasteiger partial charge in [0.25, 0.3) is 0 Å². The van der Waals surface area contributed by atoms with Crippen LogP contribution >= 0.6 is 0 Å². The first-order valence-electron chi connectivity index (χ1n) is 9.74. The third-order valence-corrected chi connectivity index (χ3v) is 5.45. The fourth-order valence-electron chi connectivity index (χ4n) is 4.58. The van der Waals surface area contributed by atoms with Crippen LogP contribution in [-0.4, -0.2) is 41.1 Å². The zero-order valence-electron chi connectivity index (χ0n) is 17.5. The fraction of sp³-hybridized carbons (Fsp3) is 0.682. The van der Waals surface area contributed by atoms with Crippen molar-refractivity contribution in [3.63, 3.8) is 0 Å². The van der Waals surface area contributed by atoms with Crippen LogP contribution in [-0.2, 0) is 20.8 Å². The van der Waals surface area contributed by atoms with E-state index >= 15 is 0 Å². The van der Waals surface area contributed by atoms with Crippen LogP contribution in [0.25, 0.3) is 0 Å². The van der Waals surface area contributed by atoms with Crippen LogP contribution in [0.5, 0.6) is 0 Å². The molecule has 2 aliphatic heterocycles. The lowest BCUT2D eigenvalue weighted by Gasteiger charge is -2.59. The molecule has 1 amide bonds. The smallest absolute Gasteiger partial charge is 0.410 e. The second kappa shape index (κ2) is 6.78. The van der Waals surface area contributed by atoms with Crippen molar-refractivity contribution in [2.45, 2.75) is 77.9 Å². The monoisotopic (exact) mass is 375 g/mol. The van der Waals surface area contributed by atoms with Crippen LogP contribution in [0.15, 0.2) is 30.3 Å². The maximum Gasteiger partial charge on any atom is 0.410 e. The molecule has 0 radical (unpaired) electrons. The molecule has 0 bridgehead atoms. The molecule has 0 aromatic heterocycles. The Morgan fingerprint density at radius 2 is 1.48 bits per heavy atom. The molecule has 1 aromatic rings. The molecule has 1 spiro atoms. The Balaban J connectivity index is 1.74. The fourth-order valence-corrected chi connectivity index (χ4v) is 4.58. The van der Waals surface area contributed by atoms with Gasteiger partial charge in [-0.3, -0.25) is 4.90 Å². The van der Waals surface area contributed by atoms with Gasteiger partial charge < -0.3 is 14.2 Å². The highest BCUT2D eigenvalue weighted by molar-refractivity contribution is 5.70. The van der Waals surface area contributed by atoms with Crippen molar-refractivity contribution in [1.29, 1.82) is 0 Å². The molecular formula is C22H33NO4. The van der Waals surface area contributed by atoms with Crippen molar-refractivity contribution < 1.29 is 19.0 Å². The Bertz CT molecular complexity index is 651. The van der Waals surface area contributed by atoms with Crippen LogP contribution in [0.4, 0.5) is 4.79 Å². The molecule has 0 saturated carbocycles. The number of likely N-dealkylation sites (tertiary alicyclic amines) is 1. The van der Waals surface area contributed by atoms with Gasteiger partial charge >= 0.3 is 6.09 Å². The zero-order valence-corrected chi connectivity index (χ0v) is 17.5. The van der Waals surface area contributed by atoms with Gasteiger partial charge in [-0.2, -0.15) is 0 Å². The Labute approximate surface area is 163 Å². The van der Waals surface area contributed by atoms with Crippen LogP contribution in [0, 0.1) is 5.41 Å². The highest BCUT2D eigenvalue weighted by Crippen LogP contribution is 2.48. The minimum absolute atomic E-state index is 0.0191. The summed E-state index contributed by atoms with van der Waals surface area (Å²) in [6.07, 6.45) is 0.958. The van der Waals surface area contributed by atoms with Crippen molar-refractivity contribution in [2.24, 2.45) is 5.41 Å². The molecule has 150 valence electrons. The van der Waals surface area contributed by atoms with Crippen LogP contribution in [0.2, 0.25) is 0 Å². The molecule has 3 rings (SSSR count). The summed E-state index contributed by atoms with van der Waals surface area (Å²) in [5, 5.41) is 0. The number of benzene rings is 1. The maximum atomic E-state index is 13.0. The van der Waals surface area contributed by atoms with Gasteiger partial charge in [-0.1, -0.05) is 44.2 Å². The maximum absolute atomic E-state index is 13.0. The third-order valence-electron chi connectivity index (χ3n) is 5.45. The van der Waals surface area contributed by atoms with E-state index < -0.39 is 16.9 Å². The summed E-state index contributed by atoms with van der Waals surface area (Å²) >= 11 is 0. The summed E-state index contributed by atoms with van der Waals surface area (Å²) in [6, 6.07) is 9.76. The van der Waals surface area contributed by atoms with Gasteiger partial charge in [-0.05, 0) is 33.3 Å². The average Bonchev–Trinajstić information content (AvgIpc) is 2.55. The molecule has 2 heterocycles. The molecule has 0 N–H and O–H groups in total. The lowest BCUT2D eigenvalue weighted by Crippen LogP contribution is -2.69. The van der Waals surface area contributed by atoms with Crippen molar-refractivity contribution in [3.8, 4) is 0 Å². The van der Waals surface area contributed by atoms with Gasteiger partial charge in [0, 0.05) is 29.3 Å². The Morgan fingerprint density at radius 1 is 0.963 bits per heavy atom. The number of carbonyl (C=O) groups excluding carboxylic acids is 1. The van der Waals surface area contributed by atoms with E-state index in [4.69, 9.17) is 14.2 Å². The number of hydrogen-bond donors (Lipinski definition) is 0. The van der Waals surface area contributed by atoms with Gasteiger partial charge in [0.1, 0.15) is 6.61 Å². The van der Waals surface area contributed by atoms with Crippen molar-refractivity contribution >= 4 is 6.09 Å². The molecule has 0 atom stereocenters. The molecule has 0 aliphatic carbocycles. The first kappa shape index (κ1) is 20.2. The number of carbonyl (C=O) groups is 1. The van der Waals surface area contributed by atoms with E-state index in [2.05, 4.69) is 41.5 Å². The van der Waals surface area contributed by atoms with E-state index in [1.807, 2.05) is 35.2 Å². The number of amides is 1. The Kier molecular flexibility index (Phi) is 5.06. The normalized spacial score (nSPS) is 25.2. The molecule has 5 heteroatoms. The molecule has 2 fully saturated rings. The summed E-state index contributed by atoms with van der Waals surface area (Å²) < 4.78 is 18.2. The predicted molar refractivity (Wildman–Crippen MR) is 104 cm³/mol. The van der Waals surface area contributed by atoms with Gasteiger partial charge in [0.15, 0.2) is 5.79 Å². The molecule has 27 heavy (non-hydrogen) atoms. The highest BCUT2D eigenvalue weighted by Gasteiger charge is 2.57. The van der Waals surface area contributed by atoms with E-state index in [1.165, 1.54) is 0 Å². The molecule has 2 saturated heterocycles. The SMILES string of the molecule is CC1(C)COC2(CC(C)(C)N(C(=O)OCc3ccccc3)C(C)(C)C2)OC1. The number of hydrogen-bond acceptors (Lipinski definition) is 4. The van der Waals surface area contributed by atoms with E-state index in [-0.39, 0.29) is 18.1 Å². The zero-order chi connectivity index (χ0) is 19.9. The quantitative estimate of drug-likeness (QED) is 0.749. The van der Waals surface area contributed by atoms with Crippen LogP contribution in [0.3, 0.4) is 0 Å². The van der Waals surface area contributed by atoms with Gasteiger partial charge in [0.05, 0.1) is 13.2 Å². The largest absolute Gasteiger partial charge is 0.445 e. The summed E-state index contributed by atoms with van der Waals surface area (Å²) in [5.41, 5.74) is 0.107. The summed E-state index contributed by atoms with van der Waals surface area (Å²) in [7, 11) is 0. The highest BCUT2D eigenvalue weighted by atomic mass is 16.7. The Hall–Kier alpha value is -1.59. The molecule has 0 unspecified atom stereocenters. The van der Waals surface area contributed by atoms with E-state index in [9.17, 15) is 4.79 Å². The third kappa shape index (κ3) is 4.30. The topological polar surface area (TPSA) is 48.0 Å². The van der Waals surface area contributed by atoms with Crippen molar-refractivity contribution in [2.75, 3.05) is 13.2 Å². The van der Waals surface area contributed by atoms with E-state index in [0.29, 0.717) is 26.1 Å². The van der Waals surface area contributed by atoms with Gasteiger partial charge in [-0.15, -0.1) is 0 Å². The van der Waals surface area contributed by atoms with Crippen molar-refractivity contribution in [3.05, 3.63) is 35.9 Å². The second-order valence-electron chi connectivity index (χ2n) is 10.0. The molecule has 5 nitrogen and oxygen atoms in total. The minimum Gasteiger partial charge on any atom is -0.445 e. The van der Waals surface area contributed by atoms with Crippen LogP contribution < -0.4 is 0 Å². The van der Waals surface area contributed by atoms with E-state index in [1.54, 1.807) is 0 Å². The summed E-state index contributed by atoms with van der Waals surface area (Å²) in [5.74, 6) is -0.640. The van der Waals surface area contributed by atoms with Gasteiger partial charge in [-0.25, -0.2) is 4.79 Å².